The second-order valence-corrected chi connectivity index (χ2v) is 10.3. The highest BCUT2D eigenvalue weighted by Gasteiger charge is 2.46. The molecule has 0 aliphatic carbocycles. The Morgan fingerprint density at radius 2 is 1.36 bits per heavy atom. The largest absolute Gasteiger partial charge is 0.352 e. The van der Waals surface area contributed by atoms with Gasteiger partial charge in [-0.05, 0) is 28.7 Å². The molecular formula is C34H37N3O5. The molecule has 3 aromatic rings. The Morgan fingerprint density at radius 3 is 1.88 bits per heavy atom. The van der Waals surface area contributed by atoms with Gasteiger partial charge < -0.3 is 10.6 Å². The summed E-state index contributed by atoms with van der Waals surface area (Å²) in [6, 6.07) is 28.9. The lowest BCUT2D eigenvalue weighted by molar-refractivity contribution is -0.137. The first kappa shape index (κ1) is 31.7. The number of amides is 4. The molecule has 1 saturated heterocycles. The number of hydrogen-bond acceptors (Lipinski definition) is 5. The molecule has 0 radical (unpaired) electrons. The van der Waals surface area contributed by atoms with E-state index < -0.39 is 41.4 Å². The van der Waals surface area contributed by atoms with Gasteiger partial charge >= 0.3 is 0 Å². The summed E-state index contributed by atoms with van der Waals surface area (Å²) in [4.78, 5) is 61.2. The predicted octanol–water partition coefficient (Wildman–Crippen LogP) is 4.18. The van der Waals surface area contributed by atoms with Crippen LogP contribution in [0.2, 0.25) is 0 Å². The van der Waals surface area contributed by atoms with Gasteiger partial charge in [0.05, 0.1) is 12.0 Å². The van der Waals surface area contributed by atoms with Crippen LogP contribution in [0, 0.1) is 17.8 Å². The topological polar surface area (TPSA) is 121 Å². The van der Waals surface area contributed by atoms with Crippen molar-refractivity contribution in [3.8, 4) is 11.1 Å². The monoisotopic (exact) mass is 567 g/mol. The first-order valence-electron chi connectivity index (χ1n) is 14.0. The maximum Gasteiger partial charge on any atom is 0.244 e. The Kier molecular flexibility index (Phi) is 11.9. The van der Waals surface area contributed by atoms with Gasteiger partial charge in [0.15, 0.2) is 5.78 Å². The SMILES string of the molecule is CC(C)C(NC(=O)CCNC(=O)/C=C/c1ccc(-c2ccccc2)cc1)C(=O)C1C(=O)NC(=O)C1C.c1ccccc1. The van der Waals surface area contributed by atoms with E-state index in [9.17, 15) is 24.0 Å². The van der Waals surface area contributed by atoms with E-state index in [4.69, 9.17) is 0 Å². The van der Waals surface area contributed by atoms with Gasteiger partial charge in [-0.1, -0.05) is 112 Å². The molecule has 3 N–H and O–H groups in total. The number of carbonyl (C=O) groups excluding carboxylic acids is 5. The van der Waals surface area contributed by atoms with Crippen LogP contribution in [0.25, 0.3) is 17.2 Å². The second kappa shape index (κ2) is 15.8. The zero-order valence-corrected chi connectivity index (χ0v) is 24.1. The molecule has 1 heterocycles. The van der Waals surface area contributed by atoms with E-state index >= 15 is 0 Å². The zero-order valence-electron chi connectivity index (χ0n) is 24.1. The van der Waals surface area contributed by atoms with Crippen LogP contribution in [0.15, 0.2) is 97.1 Å². The Bertz CT molecular complexity index is 1360. The van der Waals surface area contributed by atoms with Crippen LogP contribution < -0.4 is 16.0 Å². The van der Waals surface area contributed by atoms with Crippen molar-refractivity contribution in [3.63, 3.8) is 0 Å². The van der Waals surface area contributed by atoms with Gasteiger partial charge in [-0.3, -0.25) is 29.3 Å². The molecule has 42 heavy (non-hydrogen) atoms. The fraction of sp³-hybridized carbons (Fsp3) is 0.265. The molecule has 3 atom stereocenters. The number of rotatable bonds is 10. The predicted molar refractivity (Wildman–Crippen MR) is 163 cm³/mol. The molecule has 0 bridgehead atoms. The van der Waals surface area contributed by atoms with Gasteiger partial charge in [-0.25, -0.2) is 0 Å². The number of ketones is 1. The minimum absolute atomic E-state index is 0.0345. The molecular weight excluding hydrogens is 530 g/mol. The minimum Gasteiger partial charge on any atom is -0.352 e. The number of nitrogens with one attached hydrogen (secondary N) is 3. The summed E-state index contributed by atoms with van der Waals surface area (Å²) in [7, 11) is 0. The van der Waals surface area contributed by atoms with Crippen molar-refractivity contribution in [2.45, 2.75) is 33.2 Å². The third-order valence-electron chi connectivity index (χ3n) is 6.80. The number of carbonyl (C=O) groups is 5. The minimum atomic E-state index is -1.11. The van der Waals surface area contributed by atoms with Gasteiger partial charge in [-0.15, -0.1) is 0 Å². The average molecular weight is 568 g/mol. The van der Waals surface area contributed by atoms with Crippen LogP contribution in [-0.4, -0.2) is 42.0 Å². The summed E-state index contributed by atoms with van der Waals surface area (Å²) in [5.41, 5.74) is 3.06. The first-order valence-corrected chi connectivity index (χ1v) is 14.0. The van der Waals surface area contributed by atoms with Gasteiger partial charge in [0, 0.05) is 19.0 Å². The summed E-state index contributed by atoms with van der Waals surface area (Å²) in [6.45, 7) is 5.10. The summed E-state index contributed by atoms with van der Waals surface area (Å²) in [5, 5.41) is 7.46. The fourth-order valence-corrected chi connectivity index (χ4v) is 4.40. The van der Waals surface area contributed by atoms with E-state index in [1.165, 1.54) is 13.0 Å². The van der Waals surface area contributed by atoms with Crippen LogP contribution in [-0.2, 0) is 24.0 Å². The van der Waals surface area contributed by atoms with Crippen LogP contribution in [0.4, 0.5) is 0 Å². The molecule has 218 valence electrons. The molecule has 3 aromatic carbocycles. The average Bonchev–Trinajstić information content (AvgIpc) is 3.26. The van der Waals surface area contributed by atoms with E-state index in [0.29, 0.717) is 0 Å². The zero-order chi connectivity index (χ0) is 30.5. The smallest absolute Gasteiger partial charge is 0.244 e. The van der Waals surface area contributed by atoms with E-state index in [0.717, 1.165) is 16.7 Å². The highest BCUT2D eigenvalue weighted by Crippen LogP contribution is 2.23. The Morgan fingerprint density at radius 1 is 0.810 bits per heavy atom. The Labute approximate surface area is 246 Å². The van der Waals surface area contributed by atoms with Crippen LogP contribution in [0.3, 0.4) is 0 Å². The van der Waals surface area contributed by atoms with Crippen LogP contribution in [0.1, 0.15) is 32.8 Å². The number of imide groups is 1. The van der Waals surface area contributed by atoms with Crippen molar-refractivity contribution in [2.75, 3.05) is 6.54 Å². The highest BCUT2D eigenvalue weighted by atomic mass is 16.2. The third-order valence-corrected chi connectivity index (χ3v) is 6.80. The number of benzene rings is 3. The lowest BCUT2D eigenvalue weighted by Crippen LogP contribution is -2.49. The second-order valence-electron chi connectivity index (χ2n) is 10.3. The van der Waals surface area contributed by atoms with Gasteiger partial charge in [0.25, 0.3) is 0 Å². The molecule has 8 nitrogen and oxygen atoms in total. The van der Waals surface area contributed by atoms with Crippen molar-refractivity contribution in [2.24, 2.45) is 17.8 Å². The van der Waals surface area contributed by atoms with E-state index in [-0.39, 0.29) is 24.8 Å². The fourth-order valence-electron chi connectivity index (χ4n) is 4.40. The maximum atomic E-state index is 12.9. The first-order chi connectivity index (χ1) is 20.2. The molecule has 3 unspecified atom stereocenters. The highest BCUT2D eigenvalue weighted by molar-refractivity contribution is 6.16. The molecule has 8 heteroatoms. The normalized spacial score (nSPS) is 16.8. The van der Waals surface area contributed by atoms with Gasteiger partial charge in [-0.2, -0.15) is 0 Å². The van der Waals surface area contributed by atoms with Crippen molar-refractivity contribution < 1.29 is 24.0 Å². The summed E-state index contributed by atoms with van der Waals surface area (Å²) >= 11 is 0. The molecule has 1 fully saturated rings. The standard InChI is InChI=1S/C28H31N3O5.C6H6/c1-17(2)25(26(34)24-18(3)27(35)31-28(24)36)30-23(33)15-16-29-22(32)14-11-19-9-12-21(13-10-19)20-7-5-4-6-8-20;1-2-4-6-5-3-1/h4-14,17-18,24-25H,15-16H2,1-3H3,(H,29,32)(H,30,33)(H,31,35,36);1-6H/b14-11+;. The van der Waals surface area contributed by atoms with Gasteiger partial charge in [0.1, 0.15) is 5.92 Å². The third kappa shape index (κ3) is 9.37. The molecule has 1 aliphatic rings. The van der Waals surface area contributed by atoms with Crippen molar-refractivity contribution >= 4 is 35.5 Å². The Hall–Kier alpha value is -4.85. The van der Waals surface area contributed by atoms with Crippen molar-refractivity contribution in [1.29, 1.82) is 0 Å². The van der Waals surface area contributed by atoms with E-state index in [1.54, 1.807) is 19.9 Å². The summed E-state index contributed by atoms with van der Waals surface area (Å²) < 4.78 is 0. The molecule has 0 spiro atoms. The summed E-state index contributed by atoms with van der Waals surface area (Å²) in [5.74, 6) is -4.55. The number of hydrogen-bond donors (Lipinski definition) is 3. The molecule has 4 rings (SSSR count). The van der Waals surface area contributed by atoms with Crippen LogP contribution >= 0.6 is 0 Å². The quantitative estimate of drug-likeness (QED) is 0.193. The molecule has 1 aliphatic heterocycles. The Balaban J connectivity index is 0.000000715. The van der Waals surface area contributed by atoms with E-state index in [2.05, 4.69) is 16.0 Å². The van der Waals surface area contributed by atoms with Crippen LogP contribution in [0.5, 0.6) is 0 Å². The van der Waals surface area contributed by atoms with E-state index in [1.807, 2.05) is 91.0 Å². The number of Topliss-reactive ketones (excluding diaryl/α,β-unsaturated/α-hetero) is 1. The molecule has 4 amide bonds. The molecule has 0 aromatic heterocycles. The lowest BCUT2D eigenvalue weighted by Gasteiger charge is -2.24. The maximum absolute atomic E-state index is 12.9. The van der Waals surface area contributed by atoms with Crippen molar-refractivity contribution in [3.05, 3.63) is 103 Å². The van der Waals surface area contributed by atoms with Gasteiger partial charge in [0.2, 0.25) is 23.6 Å². The van der Waals surface area contributed by atoms with Crippen molar-refractivity contribution in [1.82, 2.24) is 16.0 Å². The summed E-state index contributed by atoms with van der Waals surface area (Å²) in [6.07, 6.45) is 3.05. The molecule has 0 saturated carbocycles. The lowest BCUT2D eigenvalue weighted by atomic mass is 9.85.